The largest absolute Gasteiger partial charge is 0.457 e. The zero-order valence-electron chi connectivity index (χ0n) is 16.8. The molecule has 2 heterocycles. The van der Waals surface area contributed by atoms with E-state index in [1.807, 2.05) is 27.7 Å². The molecule has 0 aliphatic carbocycles. The summed E-state index contributed by atoms with van der Waals surface area (Å²) < 4.78 is 33.3. The van der Waals surface area contributed by atoms with E-state index in [0.29, 0.717) is 24.6 Å². The van der Waals surface area contributed by atoms with Gasteiger partial charge in [-0.3, -0.25) is 4.98 Å². The summed E-state index contributed by atoms with van der Waals surface area (Å²) in [4.78, 5) is 4.19. The number of benzene rings is 1. The number of sulfonamides is 1. The number of aromatic nitrogens is 1. The lowest BCUT2D eigenvalue weighted by atomic mass is 10.0. The van der Waals surface area contributed by atoms with Gasteiger partial charge in [-0.25, -0.2) is 8.42 Å². The molecule has 1 aliphatic heterocycles. The molecule has 0 saturated carbocycles. The molecule has 0 spiro atoms. The van der Waals surface area contributed by atoms with E-state index in [1.54, 1.807) is 64.9 Å². The van der Waals surface area contributed by atoms with E-state index in [9.17, 15) is 8.42 Å². The van der Waals surface area contributed by atoms with Crippen LogP contribution in [0.3, 0.4) is 0 Å². The molecule has 0 amide bonds. The van der Waals surface area contributed by atoms with Gasteiger partial charge in [-0.15, -0.1) is 0 Å². The number of ether oxygens (including phenoxy) is 1. The van der Waals surface area contributed by atoms with Crippen LogP contribution in [-0.4, -0.2) is 47.3 Å². The predicted octanol–water partition coefficient (Wildman–Crippen LogP) is 3.74. The molecule has 3 rings (SSSR count). The van der Waals surface area contributed by atoms with Crippen LogP contribution in [0.2, 0.25) is 0 Å². The van der Waals surface area contributed by atoms with Gasteiger partial charge in [-0.1, -0.05) is 13.8 Å². The van der Waals surface area contributed by atoms with Crippen LogP contribution < -0.4 is 10.5 Å². The molecule has 1 aromatic carbocycles. The topological polar surface area (TPSA) is 85.5 Å². The molecule has 8 heteroatoms. The maximum Gasteiger partial charge on any atom is 0.243 e. The fourth-order valence-corrected chi connectivity index (χ4v) is 6.22. The third-order valence-electron chi connectivity index (χ3n) is 4.47. The fourth-order valence-electron chi connectivity index (χ4n) is 3.04. The van der Waals surface area contributed by atoms with Crippen LogP contribution >= 0.6 is 11.8 Å². The minimum Gasteiger partial charge on any atom is -0.457 e. The van der Waals surface area contributed by atoms with Crippen LogP contribution in [0.1, 0.15) is 27.7 Å². The van der Waals surface area contributed by atoms with Crippen molar-refractivity contribution in [2.75, 3.05) is 18.8 Å². The molecule has 6 nitrogen and oxygen atoms in total. The van der Waals surface area contributed by atoms with Crippen LogP contribution in [0.5, 0.6) is 11.5 Å². The molecular weight excluding hydrogens is 394 g/mol. The summed E-state index contributed by atoms with van der Waals surface area (Å²) >= 11 is 1.76. The van der Waals surface area contributed by atoms with Gasteiger partial charge >= 0.3 is 0 Å². The average Bonchev–Trinajstić information content (AvgIpc) is 2.70. The van der Waals surface area contributed by atoms with E-state index in [2.05, 4.69) is 4.98 Å². The zero-order valence-corrected chi connectivity index (χ0v) is 18.5. The summed E-state index contributed by atoms with van der Waals surface area (Å²) in [5.74, 6) is 1.97. The first-order valence-corrected chi connectivity index (χ1v) is 11.8. The van der Waals surface area contributed by atoms with Crippen molar-refractivity contribution >= 4 is 21.8 Å². The molecule has 1 aromatic heterocycles. The van der Waals surface area contributed by atoms with E-state index in [0.717, 1.165) is 5.75 Å². The van der Waals surface area contributed by atoms with Crippen LogP contribution in [0.4, 0.5) is 0 Å². The average molecular weight is 424 g/mol. The van der Waals surface area contributed by atoms with Crippen molar-refractivity contribution in [3.63, 3.8) is 0 Å². The second-order valence-electron chi connectivity index (χ2n) is 6.58. The van der Waals surface area contributed by atoms with Gasteiger partial charge < -0.3 is 10.5 Å². The quantitative estimate of drug-likeness (QED) is 0.788. The van der Waals surface area contributed by atoms with Gasteiger partial charge in [0.15, 0.2) is 0 Å². The number of nitrogens with two attached hydrogens (primary N) is 1. The summed E-state index contributed by atoms with van der Waals surface area (Å²) in [7, 11) is -3.61. The van der Waals surface area contributed by atoms with Crippen molar-refractivity contribution in [1.82, 2.24) is 9.29 Å². The number of nitrogens with zero attached hydrogens (tertiary/aromatic N) is 2. The SMILES string of the molecule is CC.CC1(C)SCCN(S(=O)(=O)c2ccc(Oc3ccncc3)cc2)[C@H]1CN. The van der Waals surface area contributed by atoms with Crippen molar-refractivity contribution < 1.29 is 13.2 Å². The van der Waals surface area contributed by atoms with Gasteiger partial charge in [0.2, 0.25) is 10.0 Å². The van der Waals surface area contributed by atoms with Crippen molar-refractivity contribution in [2.45, 2.75) is 43.4 Å². The molecule has 28 heavy (non-hydrogen) atoms. The molecule has 2 N–H and O–H groups in total. The van der Waals surface area contributed by atoms with E-state index in [4.69, 9.17) is 10.5 Å². The number of rotatable bonds is 5. The maximum absolute atomic E-state index is 13.1. The molecule has 2 aromatic rings. The molecule has 1 saturated heterocycles. The summed E-state index contributed by atoms with van der Waals surface area (Å²) in [6.45, 7) is 8.85. The lowest BCUT2D eigenvalue weighted by molar-refractivity contribution is 0.283. The van der Waals surface area contributed by atoms with Gasteiger partial charge in [0.1, 0.15) is 11.5 Å². The first-order chi connectivity index (χ1) is 13.3. The van der Waals surface area contributed by atoms with E-state index < -0.39 is 10.0 Å². The van der Waals surface area contributed by atoms with Gasteiger partial charge in [0.05, 0.1) is 10.9 Å². The first kappa shape index (κ1) is 22.7. The minimum absolute atomic E-state index is 0.218. The monoisotopic (exact) mass is 423 g/mol. The Kier molecular flexibility index (Phi) is 7.88. The Morgan fingerprint density at radius 3 is 2.29 bits per heavy atom. The molecule has 1 aliphatic rings. The van der Waals surface area contributed by atoms with Crippen molar-refractivity contribution in [3.05, 3.63) is 48.8 Å². The molecule has 1 fully saturated rings. The summed E-state index contributed by atoms with van der Waals surface area (Å²) in [6, 6.07) is 9.72. The van der Waals surface area contributed by atoms with Crippen molar-refractivity contribution in [2.24, 2.45) is 5.73 Å². The number of hydrogen-bond donors (Lipinski definition) is 1. The molecular formula is C20H29N3O3S2. The van der Waals surface area contributed by atoms with Gasteiger partial charge in [0, 0.05) is 36.0 Å². The Bertz CT molecular complexity index is 841. The molecule has 0 radical (unpaired) electrons. The molecule has 154 valence electrons. The van der Waals surface area contributed by atoms with Crippen LogP contribution in [0, 0.1) is 0 Å². The Labute approximate surface area is 172 Å². The predicted molar refractivity (Wildman–Crippen MR) is 115 cm³/mol. The Hall–Kier alpha value is -1.61. The second-order valence-corrected chi connectivity index (χ2v) is 10.2. The highest BCUT2D eigenvalue weighted by Gasteiger charge is 2.43. The van der Waals surface area contributed by atoms with Crippen molar-refractivity contribution in [1.29, 1.82) is 0 Å². The number of pyridine rings is 1. The van der Waals surface area contributed by atoms with E-state index >= 15 is 0 Å². The third-order valence-corrected chi connectivity index (χ3v) is 7.80. The van der Waals surface area contributed by atoms with Gasteiger partial charge in [-0.2, -0.15) is 16.1 Å². The Morgan fingerprint density at radius 1 is 1.14 bits per heavy atom. The maximum atomic E-state index is 13.1. The molecule has 0 bridgehead atoms. The van der Waals surface area contributed by atoms with Crippen LogP contribution in [0.25, 0.3) is 0 Å². The number of hydrogen-bond acceptors (Lipinski definition) is 6. The standard InChI is InChI=1S/C18H23N3O3S2.C2H6/c1-18(2)17(13-19)21(11-12-25-18)26(22,23)16-5-3-14(4-6-16)24-15-7-9-20-10-8-15;1-2/h3-10,17H,11-13,19H2,1-2H3;1-2H3/t17-;/m0./s1. The number of thioether (sulfide) groups is 1. The third kappa shape index (κ3) is 5.05. The van der Waals surface area contributed by atoms with E-state index in [1.165, 1.54) is 0 Å². The summed E-state index contributed by atoms with van der Waals surface area (Å²) in [5.41, 5.74) is 5.91. The van der Waals surface area contributed by atoms with Crippen LogP contribution in [0.15, 0.2) is 53.7 Å². The second kappa shape index (κ2) is 9.73. The van der Waals surface area contributed by atoms with E-state index in [-0.39, 0.29) is 15.7 Å². The normalized spacial score (nSPS) is 19.4. The highest BCUT2D eigenvalue weighted by atomic mass is 32.2. The fraction of sp³-hybridized carbons (Fsp3) is 0.450. The summed E-state index contributed by atoms with van der Waals surface area (Å²) in [6.07, 6.45) is 3.27. The highest BCUT2D eigenvalue weighted by Crippen LogP contribution is 2.37. The first-order valence-electron chi connectivity index (χ1n) is 9.38. The van der Waals surface area contributed by atoms with Crippen molar-refractivity contribution in [3.8, 4) is 11.5 Å². The lowest BCUT2D eigenvalue weighted by Gasteiger charge is -2.44. The van der Waals surface area contributed by atoms with Crippen LogP contribution in [-0.2, 0) is 10.0 Å². The van der Waals surface area contributed by atoms with Gasteiger partial charge in [0.25, 0.3) is 0 Å². The smallest absolute Gasteiger partial charge is 0.243 e. The lowest BCUT2D eigenvalue weighted by Crippen LogP contribution is -2.57. The highest BCUT2D eigenvalue weighted by molar-refractivity contribution is 8.00. The molecule has 0 unspecified atom stereocenters. The molecule has 1 atom stereocenters. The Balaban J connectivity index is 0.00000136. The minimum atomic E-state index is -3.61. The van der Waals surface area contributed by atoms with Gasteiger partial charge in [-0.05, 0) is 50.2 Å². The summed E-state index contributed by atoms with van der Waals surface area (Å²) in [5, 5.41) is 0. The zero-order chi connectivity index (χ0) is 20.8. The Morgan fingerprint density at radius 2 is 1.71 bits per heavy atom.